The summed E-state index contributed by atoms with van der Waals surface area (Å²) in [7, 11) is 0. The first kappa shape index (κ1) is 12.9. The molecule has 1 amide bonds. The molecule has 3 heteroatoms. The molecule has 1 aliphatic heterocycles. The highest BCUT2D eigenvalue weighted by Crippen LogP contribution is 2.46. The number of hydrogen-bond acceptors (Lipinski definition) is 1. The minimum Gasteiger partial charge on any atom is -0.352 e. The van der Waals surface area contributed by atoms with Gasteiger partial charge in [-0.05, 0) is 41.2 Å². The van der Waals surface area contributed by atoms with Gasteiger partial charge in [-0.15, -0.1) is 11.6 Å². The summed E-state index contributed by atoms with van der Waals surface area (Å²) in [5.41, 5.74) is 5.70. The highest BCUT2D eigenvalue weighted by atomic mass is 35.5. The van der Waals surface area contributed by atoms with Gasteiger partial charge < -0.3 is 5.32 Å². The van der Waals surface area contributed by atoms with E-state index in [0.717, 1.165) is 36.1 Å². The van der Waals surface area contributed by atoms with E-state index in [4.69, 9.17) is 11.6 Å². The van der Waals surface area contributed by atoms with Crippen LogP contribution in [0.15, 0.2) is 42.5 Å². The Kier molecular flexibility index (Phi) is 3.00. The fourth-order valence-corrected chi connectivity index (χ4v) is 3.75. The van der Waals surface area contributed by atoms with Crippen LogP contribution in [0.4, 0.5) is 0 Å². The lowest BCUT2D eigenvalue weighted by molar-refractivity contribution is 0.0946. The molecule has 2 nitrogen and oxygen atoms in total. The maximum atomic E-state index is 12.0. The van der Waals surface area contributed by atoms with E-state index in [9.17, 15) is 4.79 Å². The summed E-state index contributed by atoms with van der Waals surface area (Å²) in [6.07, 6.45) is 1.92. The van der Waals surface area contributed by atoms with Crippen molar-refractivity contribution in [3.05, 3.63) is 70.3 Å². The molecule has 106 valence electrons. The van der Waals surface area contributed by atoms with E-state index in [-0.39, 0.29) is 11.3 Å². The maximum absolute atomic E-state index is 12.0. The SMILES string of the molecule is O=C1NCCc2ccc(C(Cl)C3Cc4ccccc43)cc21. The van der Waals surface area contributed by atoms with Crippen LogP contribution in [0.2, 0.25) is 0 Å². The summed E-state index contributed by atoms with van der Waals surface area (Å²) in [6.45, 7) is 0.728. The van der Waals surface area contributed by atoms with E-state index in [1.807, 2.05) is 6.07 Å². The summed E-state index contributed by atoms with van der Waals surface area (Å²) in [6, 6.07) is 14.6. The molecule has 0 aromatic heterocycles. The van der Waals surface area contributed by atoms with Gasteiger partial charge in [0.05, 0.1) is 5.38 Å². The van der Waals surface area contributed by atoms with Crippen molar-refractivity contribution in [2.75, 3.05) is 6.54 Å². The normalized spacial score (nSPS) is 20.8. The minimum atomic E-state index is -0.0695. The monoisotopic (exact) mass is 297 g/mol. The Labute approximate surface area is 129 Å². The molecule has 1 heterocycles. The zero-order valence-electron chi connectivity index (χ0n) is 11.6. The number of alkyl halides is 1. The maximum Gasteiger partial charge on any atom is 0.251 e. The van der Waals surface area contributed by atoms with Gasteiger partial charge in [-0.25, -0.2) is 0 Å². The zero-order valence-corrected chi connectivity index (χ0v) is 12.4. The van der Waals surface area contributed by atoms with Crippen LogP contribution < -0.4 is 5.32 Å². The Balaban J connectivity index is 1.66. The molecule has 0 saturated carbocycles. The van der Waals surface area contributed by atoms with E-state index in [0.29, 0.717) is 5.92 Å². The van der Waals surface area contributed by atoms with Gasteiger partial charge in [-0.1, -0.05) is 36.4 Å². The number of carbonyl (C=O) groups excluding carboxylic acids is 1. The van der Waals surface area contributed by atoms with Crippen LogP contribution in [0, 0.1) is 0 Å². The van der Waals surface area contributed by atoms with Crippen LogP contribution in [-0.4, -0.2) is 12.5 Å². The van der Waals surface area contributed by atoms with Gasteiger partial charge in [0.1, 0.15) is 0 Å². The Bertz CT molecular complexity index is 725. The van der Waals surface area contributed by atoms with Crippen molar-refractivity contribution in [2.45, 2.75) is 24.1 Å². The second-order valence-corrected chi connectivity index (χ2v) is 6.30. The summed E-state index contributed by atoms with van der Waals surface area (Å²) < 4.78 is 0. The number of rotatable bonds is 2. The molecule has 2 aliphatic rings. The third kappa shape index (κ3) is 2.06. The van der Waals surface area contributed by atoms with Gasteiger partial charge in [0.15, 0.2) is 0 Å². The number of hydrogen-bond donors (Lipinski definition) is 1. The number of fused-ring (bicyclic) bond motifs is 2. The molecule has 1 aliphatic carbocycles. The van der Waals surface area contributed by atoms with E-state index < -0.39 is 0 Å². The molecule has 1 N–H and O–H groups in total. The van der Waals surface area contributed by atoms with Gasteiger partial charge in [-0.2, -0.15) is 0 Å². The Morgan fingerprint density at radius 3 is 2.86 bits per heavy atom. The summed E-state index contributed by atoms with van der Waals surface area (Å²) in [5.74, 6) is 0.378. The third-order valence-corrected chi connectivity index (χ3v) is 5.18. The first-order valence-electron chi connectivity index (χ1n) is 7.37. The number of benzene rings is 2. The molecule has 0 bridgehead atoms. The average molecular weight is 298 g/mol. The van der Waals surface area contributed by atoms with Crippen molar-refractivity contribution in [3.8, 4) is 0 Å². The summed E-state index contributed by atoms with van der Waals surface area (Å²) in [5, 5.41) is 2.83. The van der Waals surface area contributed by atoms with E-state index >= 15 is 0 Å². The van der Waals surface area contributed by atoms with Crippen LogP contribution in [0.25, 0.3) is 0 Å². The van der Waals surface area contributed by atoms with Crippen LogP contribution in [0.3, 0.4) is 0 Å². The zero-order chi connectivity index (χ0) is 14.4. The average Bonchev–Trinajstić information content (AvgIpc) is 2.48. The van der Waals surface area contributed by atoms with Gasteiger partial charge in [-0.3, -0.25) is 4.79 Å². The Morgan fingerprint density at radius 2 is 2.00 bits per heavy atom. The van der Waals surface area contributed by atoms with Crippen molar-refractivity contribution in [2.24, 2.45) is 0 Å². The standard InChI is InChI=1S/C18H16ClNO/c19-17(16-9-12-3-1-2-4-14(12)16)13-6-5-11-7-8-20-18(21)15(11)10-13/h1-6,10,16-17H,7-9H2,(H,20,21). The fourth-order valence-electron chi connectivity index (χ4n) is 3.39. The molecular formula is C18H16ClNO. The van der Waals surface area contributed by atoms with Crippen molar-refractivity contribution in [1.29, 1.82) is 0 Å². The molecule has 0 spiro atoms. The lowest BCUT2D eigenvalue weighted by Crippen LogP contribution is -2.32. The van der Waals surface area contributed by atoms with E-state index in [2.05, 4.69) is 41.7 Å². The first-order valence-corrected chi connectivity index (χ1v) is 7.80. The quantitative estimate of drug-likeness (QED) is 0.843. The number of halogens is 1. The van der Waals surface area contributed by atoms with Gasteiger partial charge in [0, 0.05) is 18.0 Å². The smallest absolute Gasteiger partial charge is 0.251 e. The second-order valence-electron chi connectivity index (χ2n) is 5.83. The van der Waals surface area contributed by atoms with Crippen molar-refractivity contribution >= 4 is 17.5 Å². The summed E-state index contributed by atoms with van der Waals surface area (Å²) >= 11 is 6.69. The first-order chi connectivity index (χ1) is 10.2. The molecule has 2 atom stereocenters. The molecule has 2 unspecified atom stereocenters. The Morgan fingerprint density at radius 1 is 1.14 bits per heavy atom. The van der Waals surface area contributed by atoms with Crippen molar-refractivity contribution in [3.63, 3.8) is 0 Å². The molecular weight excluding hydrogens is 282 g/mol. The topological polar surface area (TPSA) is 29.1 Å². The van der Waals surface area contributed by atoms with E-state index in [1.165, 1.54) is 11.1 Å². The number of nitrogens with one attached hydrogen (secondary N) is 1. The molecule has 21 heavy (non-hydrogen) atoms. The molecule has 0 fully saturated rings. The molecule has 2 aromatic rings. The molecule has 2 aromatic carbocycles. The number of amides is 1. The lowest BCUT2D eigenvalue weighted by atomic mass is 9.74. The van der Waals surface area contributed by atoms with Crippen molar-refractivity contribution < 1.29 is 4.79 Å². The molecule has 4 rings (SSSR count). The van der Waals surface area contributed by atoms with Gasteiger partial charge in [0.2, 0.25) is 0 Å². The fraction of sp³-hybridized carbons (Fsp3) is 0.278. The second kappa shape index (κ2) is 4.88. The lowest BCUT2D eigenvalue weighted by Gasteiger charge is -2.34. The molecule has 0 radical (unpaired) electrons. The predicted octanol–water partition coefficient (Wildman–Crippen LogP) is 3.59. The largest absolute Gasteiger partial charge is 0.352 e. The highest BCUT2D eigenvalue weighted by Gasteiger charge is 2.33. The third-order valence-electron chi connectivity index (χ3n) is 4.62. The van der Waals surface area contributed by atoms with E-state index in [1.54, 1.807) is 0 Å². The van der Waals surface area contributed by atoms with Crippen LogP contribution in [0.1, 0.15) is 43.9 Å². The minimum absolute atomic E-state index is 0.0241. The van der Waals surface area contributed by atoms with Crippen LogP contribution >= 0.6 is 11.6 Å². The molecule has 0 saturated heterocycles. The van der Waals surface area contributed by atoms with Crippen LogP contribution in [-0.2, 0) is 12.8 Å². The Hall–Kier alpha value is -1.80. The van der Waals surface area contributed by atoms with Crippen molar-refractivity contribution in [1.82, 2.24) is 5.32 Å². The highest BCUT2D eigenvalue weighted by molar-refractivity contribution is 6.21. The van der Waals surface area contributed by atoms with Gasteiger partial charge >= 0.3 is 0 Å². The summed E-state index contributed by atoms with van der Waals surface area (Å²) in [4.78, 5) is 12.0. The van der Waals surface area contributed by atoms with Crippen LogP contribution in [0.5, 0.6) is 0 Å². The predicted molar refractivity (Wildman–Crippen MR) is 84.0 cm³/mol. The van der Waals surface area contributed by atoms with Gasteiger partial charge in [0.25, 0.3) is 5.91 Å². The number of carbonyl (C=O) groups is 1.